The zero-order valence-electron chi connectivity index (χ0n) is 14.2. The lowest BCUT2D eigenvalue weighted by atomic mass is 10.0. The molecule has 1 fully saturated rings. The van der Waals surface area contributed by atoms with E-state index in [1.54, 1.807) is 0 Å². The van der Waals surface area contributed by atoms with Gasteiger partial charge in [0.25, 0.3) is 0 Å². The number of carbonyl (C=O) groups is 1. The zero-order valence-corrected chi connectivity index (χ0v) is 16.3. The standard InChI is InChI=1S/C17H27IN2O3/c1-17(2,3)23-16(21)20-14-8-6-4-5-7-13(14)19-11-12-9-10-15(18)22-12/h9-10,13-14,19H,4-8,11H2,1-3H3,(H,20,21). The summed E-state index contributed by atoms with van der Waals surface area (Å²) in [7, 11) is 0. The summed E-state index contributed by atoms with van der Waals surface area (Å²) in [5.41, 5.74) is -0.470. The average Bonchev–Trinajstić information content (AvgIpc) is 2.72. The summed E-state index contributed by atoms with van der Waals surface area (Å²) in [5, 5.41) is 6.59. The van der Waals surface area contributed by atoms with Crippen LogP contribution in [0.3, 0.4) is 0 Å². The molecule has 1 aromatic rings. The van der Waals surface area contributed by atoms with Crippen LogP contribution in [0.15, 0.2) is 16.5 Å². The van der Waals surface area contributed by atoms with E-state index in [2.05, 4.69) is 33.2 Å². The van der Waals surface area contributed by atoms with Gasteiger partial charge in [-0.15, -0.1) is 0 Å². The van der Waals surface area contributed by atoms with Gasteiger partial charge in [-0.2, -0.15) is 0 Å². The van der Waals surface area contributed by atoms with Crippen molar-refractivity contribution in [2.24, 2.45) is 0 Å². The van der Waals surface area contributed by atoms with Gasteiger partial charge in [0.15, 0.2) is 3.77 Å². The van der Waals surface area contributed by atoms with E-state index in [0.29, 0.717) is 6.54 Å². The molecule has 0 spiro atoms. The molecule has 0 aromatic carbocycles. The molecular weight excluding hydrogens is 407 g/mol. The quantitative estimate of drug-likeness (QED) is 0.551. The molecule has 1 aromatic heterocycles. The Balaban J connectivity index is 1.91. The Morgan fingerprint density at radius 3 is 2.57 bits per heavy atom. The molecule has 0 aliphatic heterocycles. The van der Waals surface area contributed by atoms with Gasteiger partial charge in [-0.1, -0.05) is 19.3 Å². The van der Waals surface area contributed by atoms with Crippen LogP contribution in [-0.2, 0) is 11.3 Å². The monoisotopic (exact) mass is 434 g/mol. The highest BCUT2D eigenvalue weighted by molar-refractivity contribution is 14.1. The highest BCUT2D eigenvalue weighted by Gasteiger charge is 2.27. The lowest BCUT2D eigenvalue weighted by molar-refractivity contribution is 0.0489. The van der Waals surface area contributed by atoms with Gasteiger partial charge in [-0.05, 0) is 68.3 Å². The normalized spacial score (nSPS) is 22.4. The molecule has 1 aliphatic carbocycles. The Kier molecular flexibility index (Phi) is 6.76. The van der Waals surface area contributed by atoms with Crippen LogP contribution in [0.4, 0.5) is 4.79 Å². The van der Waals surface area contributed by atoms with E-state index in [1.807, 2.05) is 32.9 Å². The molecule has 5 nitrogen and oxygen atoms in total. The molecule has 2 N–H and O–H groups in total. The SMILES string of the molecule is CC(C)(C)OC(=O)NC1CCCCCC1NCc1ccc(I)o1. The van der Waals surface area contributed by atoms with Crippen molar-refractivity contribution < 1.29 is 13.9 Å². The summed E-state index contributed by atoms with van der Waals surface area (Å²) in [6, 6.07) is 4.29. The first-order valence-electron chi connectivity index (χ1n) is 8.30. The minimum absolute atomic E-state index is 0.0985. The third kappa shape index (κ3) is 6.71. The van der Waals surface area contributed by atoms with Crippen LogP contribution >= 0.6 is 22.6 Å². The molecular formula is C17H27IN2O3. The number of ether oxygens (including phenoxy) is 1. The van der Waals surface area contributed by atoms with Crippen LogP contribution in [0.25, 0.3) is 0 Å². The molecule has 2 rings (SSSR count). The highest BCUT2D eigenvalue weighted by Crippen LogP contribution is 2.20. The van der Waals surface area contributed by atoms with Gasteiger partial charge >= 0.3 is 6.09 Å². The molecule has 0 saturated heterocycles. The predicted octanol–water partition coefficient (Wildman–Crippen LogP) is 4.20. The summed E-state index contributed by atoms with van der Waals surface area (Å²) in [5.74, 6) is 0.926. The van der Waals surface area contributed by atoms with E-state index in [-0.39, 0.29) is 18.2 Å². The van der Waals surface area contributed by atoms with Crippen molar-refractivity contribution in [2.45, 2.75) is 77.1 Å². The molecule has 23 heavy (non-hydrogen) atoms. The van der Waals surface area contributed by atoms with Crippen LogP contribution in [0.2, 0.25) is 0 Å². The van der Waals surface area contributed by atoms with Crippen LogP contribution in [-0.4, -0.2) is 23.8 Å². The van der Waals surface area contributed by atoms with Crippen molar-refractivity contribution in [2.75, 3.05) is 0 Å². The Bertz CT molecular complexity index is 510. The maximum atomic E-state index is 12.1. The fourth-order valence-electron chi connectivity index (χ4n) is 2.86. The van der Waals surface area contributed by atoms with E-state index >= 15 is 0 Å². The van der Waals surface area contributed by atoms with Crippen LogP contribution < -0.4 is 10.6 Å². The highest BCUT2D eigenvalue weighted by atomic mass is 127. The molecule has 2 unspecified atom stereocenters. The Morgan fingerprint density at radius 1 is 1.26 bits per heavy atom. The molecule has 1 heterocycles. The average molecular weight is 434 g/mol. The van der Waals surface area contributed by atoms with Crippen molar-refractivity contribution in [3.8, 4) is 0 Å². The van der Waals surface area contributed by atoms with Gasteiger partial charge in [0.1, 0.15) is 11.4 Å². The Labute approximate surface area is 152 Å². The maximum absolute atomic E-state index is 12.1. The minimum Gasteiger partial charge on any atom is -0.454 e. The summed E-state index contributed by atoms with van der Waals surface area (Å²) in [6.45, 7) is 6.33. The van der Waals surface area contributed by atoms with E-state index in [0.717, 1.165) is 28.8 Å². The number of nitrogens with one attached hydrogen (secondary N) is 2. The number of halogens is 1. The number of hydrogen-bond acceptors (Lipinski definition) is 4. The Hall–Kier alpha value is -0.760. The van der Waals surface area contributed by atoms with Crippen molar-refractivity contribution in [1.82, 2.24) is 10.6 Å². The predicted molar refractivity (Wildman–Crippen MR) is 98.3 cm³/mol. The van der Waals surface area contributed by atoms with E-state index in [1.165, 1.54) is 12.8 Å². The number of alkyl carbamates (subject to hydrolysis) is 1. The van der Waals surface area contributed by atoms with Crippen LogP contribution in [0, 0.1) is 3.77 Å². The summed E-state index contributed by atoms with van der Waals surface area (Å²) >= 11 is 2.17. The van der Waals surface area contributed by atoms with Gasteiger partial charge in [0, 0.05) is 12.1 Å². The summed E-state index contributed by atoms with van der Waals surface area (Å²) in [6.07, 6.45) is 5.23. The van der Waals surface area contributed by atoms with E-state index in [9.17, 15) is 4.79 Å². The van der Waals surface area contributed by atoms with Gasteiger partial charge in [0.2, 0.25) is 0 Å². The summed E-state index contributed by atoms with van der Waals surface area (Å²) in [4.78, 5) is 12.1. The number of hydrogen-bond donors (Lipinski definition) is 2. The summed E-state index contributed by atoms with van der Waals surface area (Å²) < 4.78 is 11.9. The first kappa shape index (κ1) is 18.6. The zero-order chi connectivity index (χ0) is 16.9. The molecule has 130 valence electrons. The van der Waals surface area contributed by atoms with Gasteiger partial charge in [-0.25, -0.2) is 4.79 Å². The number of carbonyl (C=O) groups excluding carboxylic acids is 1. The Morgan fingerprint density at radius 2 is 1.96 bits per heavy atom. The molecule has 1 saturated carbocycles. The van der Waals surface area contributed by atoms with Crippen molar-refractivity contribution >= 4 is 28.7 Å². The molecule has 1 amide bonds. The van der Waals surface area contributed by atoms with E-state index < -0.39 is 5.60 Å². The second-order valence-corrected chi connectivity index (χ2v) is 8.15. The number of furan rings is 1. The van der Waals surface area contributed by atoms with Crippen molar-refractivity contribution in [3.05, 3.63) is 21.7 Å². The molecule has 2 atom stereocenters. The molecule has 0 bridgehead atoms. The molecule has 0 radical (unpaired) electrons. The topological polar surface area (TPSA) is 63.5 Å². The number of rotatable bonds is 4. The minimum atomic E-state index is -0.470. The van der Waals surface area contributed by atoms with Gasteiger partial charge in [-0.3, -0.25) is 0 Å². The van der Waals surface area contributed by atoms with Crippen LogP contribution in [0.1, 0.15) is 58.6 Å². The lowest BCUT2D eigenvalue weighted by Crippen LogP contribution is -2.50. The van der Waals surface area contributed by atoms with Gasteiger partial charge < -0.3 is 19.8 Å². The second-order valence-electron chi connectivity index (χ2n) is 7.08. The molecule has 1 aliphatic rings. The first-order valence-corrected chi connectivity index (χ1v) is 9.38. The largest absolute Gasteiger partial charge is 0.454 e. The van der Waals surface area contributed by atoms with E-state index in [4.69, 9.17) is 9.15 Å². The van der Waals surface area contributed by atoms with Gasteiger partial charge in [0.05, 0.1) is 6.54 Å². The maximum Gasteiger partial charge on any atom is 0.407 e. The molecule has 6 heteroatoms. The van der Waals surface area contributed by atoms with Crippen LogP contribution in [0.5, 0.6) is 0 Å². The third-order valence-corrected chi connectivity index (χ3v) is 4.47. The lowest BCUT2D eigenvalue weighted by Gasteiger charge is -2.28. The third-order valence-electron chi connectivity index (χ3n) is 3.89. The fraction of sp³-hybridized carbons (Fsp3) is 0.706. The van der Waals surface area contributed by atoms with Crippen molar-refractivity contribution in [3.63, 3.8) is 0 Å². The fourth-order valence-corrected chi connectivity index (χ4v) is 3.32. The smallest absolute Gasteiger partial charge is 0.407 e. The second kappa shape index (κ2) is 8.37. The van der Waals surface area contributed by atoms with Crippen molar-refractivity contribution in [1.29, 1.82) is 0 Å². The first-order chi connectivity index (χ1) is 10.8. The number of amides is 1.